The first kappa shape index (κ1) is 13.6. The van der Waals surface area contributed by atoms with Gasteiger partial charge in [0.05, 0.1) is 15.9 Å². The fraction of sp³-hybridized carbons (Fsp3) is 0.333. The number of ether oxygens (including phenoxy) is 1. The van der Waals surface area contributed by atoms with Crippen molar-refractivity contribution in [3.63, 3.8) is 0 Å². The van der Waals surface area contributed by atoms with E-state index in [4.69, 9.17) is 22.1 Å². The lowest BCUT2D eigenvalue weighted by molar-refractivity contribution is 0.341. The molecule has 0 aromatic heterocycles. The highest BCUT2D eigenvalue weighted by Gasteiger charge is 2.09. The quantitative estimate of drug-likeness (QED) is 0.859. The maximum atomic E-state index is 10.9. The maximum absolute atomic E-state index is 10.9. The molecule has 0 radical (unpaired) electrons. The van der Waals surface area contributed by atoms with Crippen LogP contribution >= 0.6 is 27.5 Å². The minimum Gasteiger partial charge on any atom is -0.489 e. The summed E-state index contributed by atoms with van der Waals surface area (Å²) in [6.07, 6.45) is 1.15. The predicted molar refractivity (Wildman–Crippen MR) is 68.8 cm³/mol. The fourth-order valence-electron chi connectivity index (χ4n) is 1.03. The molecule has 4 nitrogen and oxygen atoms in total. The van der Waals surface area contributed by atoms with Crippen LogP contribution in [0, 0.1) is 0 Å². The van der Waals surface area contributed by atoms with Crippen LogP contribution in [0.1, 0.15) is 0 Å². The molecular formula is C9H11BrClNO3S. The number of hydrogen-bond donors (Lipinski definition) is 1. The van der Waals surface area contributed by atoms with Gasteiger partial charge in [0.25, 0.3) is 0 Å². The number of nitrogen functional groups attached to an aromatic ring is 1. The SMILES string of the molecule is CS(=O)(=O)CCOc1c(N)cc(Cl)cc1Br. The minimum atomic E-state index is -3.04. The summed E-state index contributed by atoms with van der Waals surface area (Å²) in [5.41, 5.74) is 6.05. The van der Waals surface area contributed by atoms with Crippen LogP contribution in [0.2, 0.25) is 5.02 Å². The Morgan fingerprint density at radius 2 is 2.12 bits per heavy atom. The van der Waals surface area contributed by atoms with Crippen LogP contribution in [0.5, 0.6) is 5.75 Å². The Balaban J connectivity index is 2.75. The van der Waals surface area contributed by atoms with E-state index >= 15 is 0 Å². The highest BCUT2D eigenvalue weighted by atomic mass is 79.9. The largest absolute Gasteiger partial charge is 0.489 e. The highest BCUT2D eigenvalue weighted by molar-refractivity contribution is 9.10. The van der Waals surface area contributed by atoms with E-state index in [2.05, 4.69) is 15.9 Å². The van der Waals surface area contributed by atoms with Gasteiger partial charge >= 0.3 is 0 Å². The number of benzene rings is 1. The number of rotatable bonds is 4. The van der Waals surface area contributed by atoms with E-state index in [9.17, 15) is 8.42 Å². The summed E-state index contributed by atoms with van der Waals surface area (Å²) in [5, 5.41) is 0.486. The van der Waals surface area contributed by atoms with Crippen molar-refractivity contribution in [2.75, 3.05) is 24.3 Å². The number of hydrogen-bond acceptors (Lipinski definition) is 4. The fourth-order valence-corrected chi connectivity index (χ4v) is 2.36. The lowest BCUT2D eigenvalue weighted by Crippen LogP contribution is -2.13. The van der Waals surface area contributed by atoms with Gasteiger partial charge in [0.1, 0.15) is 6.61 Å². The van der Waals surface area contributed by atoms with Gasteiger partial charge in [-0.25, -0.2) is 8.42 Å². The van der Waals surface area contributed by atoms with Crippen molar-refractivity contribution in [1.29, 1.82) is 0 Å². The molecule has 0 atom stereocenters. The van der Waals surface area contributed by atoms with Crippen LogP contribution in [-0.4, -0.2) is 27.0 Å². The lowest BCUT2D eigenvalue weighted by Gasteiger charge is -2.10. The molecule has 2 N–H and O–H groups in total. The first-order valence-corrected chi connectivity index (χ1v) is 7.58. The topological polar surface area (TPSA) is 69.4 Å². The molecule has 0 unspecified atom stereocenters. The smallest absolute Gasteiger partial charge is 0.156 e. The Kier molecular flexibility index (Phi) is 4.46. The van der Waals surface area contributed by atoms with Gasteiger partial charge in [-0.2, -0.15) is 0 Å². The Morgan fingerprint density at radius 3 is 2.62 bits per heavy atom. The van der Waals surface area contributed by atoms with E-state index in [1.807, 2.05) is 0 Å². The molecule has 0 fully saturated rings. The van der Waals surface area contributed by atoms with Gasteiger partial charge in [-0.3, -0.25) is 0 Å². The normalized spacial score (nSPS) is 11.4. The standard InChI is InChI=1S/C9H11BrClNO3S/c1-16(13,14)3-2-15-9-7(10)4-6(11)5-8(9)12/h4-5H,2-3,12H2,1H3. The molecule has 0 heterocycles. The number of nitrogens with two attached hydrogens (primary N) is 1. The summed E-state index contributed by atoms with van der Waals surface area (Å²) in [5.74, 6) is 0.356. The van der Waals surface area contributed by atoms with Crippen LogP contribution in [0.25, 0.3) is 0 Å². The maximum Gasteiger partial charge on any atom is 0.156 e. The summed E-state index contributed by atoms with van der Waals surface area (Å²) in [4.78, 5) is 0. The molecule has 1 aromatic rings. The third-order valence-electron chi connectivity index (χ3n) is 1.74. The third-order valence-corrected chi connectivity index (χ3v) is 3.45. The van der Waals surface area contributed by atoms with E-state index in [0.717, 1.165) is 6.26 Å². The van der Waals surface area contributed by atoms with E-state index in [1.54, 1.807) is 12.1 Å². The van der Waals surface area contributed by atoms with Crippen molar-refractivity contribution in [2.45, 2.75) is 0 Å². The zero-order valence-corrected chi connectivity index (χ0v) is 11.7. The van der Waals surface area contributed by atoms with Crippen LogP contribution < -0.4 is 10.5 Å². The van der Waals surface area contributed by atoms with E-state index in [-0.39, 0.29) is 12.4 Å². The van der Waals surface area contributed by atoms with Gasteiger partial charge < -0.3 is 10.5 Å². The van der Waals surface area contributed by atoms with E-state index in [0.29, 0.717) is 20.9 Å². The summed E-state index contributed by atoms with van der Waals surface area (Å²) in [7, 11) is -3.04. The Labute approximate surface area is 108 Å². The van der Waals surface area contributed by atoms with Crippen LogP contribution in [0.15, 0.2) is 16.6 Å². The summed E-state index contributed by atoms with van der Waals surface area (Å²) in [6, 6.07) is 3.18. The van der Waals surface area contributed by atoms with Gasteiger partial charge in [-0.15, -0.1) is 0 Å². The van der Waals surface area contributed by atoms with Crippen molar-refractivity contribution < 1.29 is 13.2 Å². The van der Waals surface area contributed by atoms with E-state index in [1.165, 1.54) is 0 Å². The average molecular weight is 329 g/mol. The molecule has 1 aromatic carbocycles. The zero-order valence-electron chi connectivity index (χ0n) is 8.54. The Morgan fingerprint density at radius 1 is 1.50 bits per heavy atom. The second-order valence-electron chi connectivity index (χ2n) is 3.28. The zero-order chi connectivity index (χ0) is 12.3. The van der Waals surface area contributed by atoms with Gasteiger partial charge in [0.2, 0.25) is 0 Å². The molecule has 0 saturated carbocycles. The van der Waals surface area contributed by atoms with Crippen LogP contribution in [-0.2, 0) is 9.84 Å². The van der Waals surface area contributed by atoms with Gasteiger partial charge in [-0.1, -0.05) is 11.6 Å². The number of halogens is 2. The van der Waals surface area contributed by atoms with Crippen LogP contribution in [0.4, 0.5) is 5.69 Å². The molecule has 0 saturated heterocycles. The number of anilines is 1. The summed E-state index contributed by atoms with van der Waals surface area (Å²) < 4.78 is 27.7. The van der Waals surface area contributed by atoms with Gasteiger partial charge in [0, 0.05) is 11.3 Å². The van der Waals surface area contributed by atoms with Gasteiger partial charge in [0.15, 0.2) is 15.6 Å². The van der Waals surface area contributed by atoms with Gasteiger partial charge in [-0.05, 0) is 28.1 Å². The monoisotopic (exact) mass is 327 g/mol. The molecule has 0 bridgehead atoms. The lowest BCUT2D eigenvalue weighted by atomic mass is 10.3. The average Bonchev–Trinajstić information content (AvgIpc) is 2.07. The Bertz CT molecular complexity index is 467. The van der Waals surface area contributed by atoms with Crippen molar-refractivity contribution in [3.05, 3.63) is 21.6 Å². The molecule has 16 heavy (non-hydrogen) atoms. The summed E-state index contributed by atoms with van der Waals surface area (Å²) >= 11 is 9.01. The number of sulfone groups is 1. The van der Waals surface area contributed by atoms with Crippen LogP contribution in [0.3, 0.4) is 0 Å². The third kappa shape index (κ3) is 4.19. The molecule has 1 rings (SSSR count). The molecular weight excluding hydrogens is 318 g/mol. The highest BCUT2D eigenvalue weighted by Crippen LogP contribution is 2.34. The molecule has 0 aliphatic carbocycles. The van der Waals surface area contributed by atoms with Crippen molar-refractivity contribution >= 4 is 43.1 Å². The summed E-state index contributed by atoms with van der Waals surface area (Å²) in [6.45, 7) is 0.0588. The Hall–Kier alpha value is -0.460. The molecule has 0 amide bonds. The van der Waals surface area contributed by atoms with Crippen molar-refractivity contribution in [1.82, 2.24) is 0 Å². The molecule has 0 aliphatic rings. The molecule has 90 valence electrons. The minimum absolute atomic E-state index is 0.0541. The predicted octanol–water partition coefficient (Wildman–Crippen LogP) is 2.11. The van der Waals surface area contributed by atoms with Crippen molar-refractivity contribution in [2.24, 2.45) is 0 Å². The molecule has 0 spiro atoms. The van der Waals surface area contributed by atoms with E-state index < -0.39 is 9.84 Å². The molecule has 0 aliphatic heterocycles. The first-order chi connectivity index (χ1) is 7.29. The second kappa shape index (κ2) is 5.25. The second-order valence-corrected chi connectivity index (χ2v) is 6.83. The molecule has 7 heteroatoms. The van der Waals surface area contributed by atoms with Crippen molar-refractivity contribution in [3.8, 4) is 5.75 Å². The first-order valence-electron chi connectivity index (χ1n) is 4.34.